The summed E-state index contributed by atoms with van der Waals surface area (Å²) in [5.41, 5.74) is 1.20. The SMILES string of the molecule is COCCNC(=O)c1cc2n(n1)C[C@@H](NC(=O)C1(C)CCCCC1)C2. The molecule has 1 aromatic heterocycles. The summed E-state index contributed by atoms with van der Waals surface area (Å²) in [5.74, 6) is -0.0188. The molecule has 1 saturated carbocycles. The van der Waals surface area contributed by atoms with Gasteiger partial charge in [0.05, 0.1) is 19.2 Å². The number of amides is 2. The number of nitrogens with zero attached hydrogens (tertiary/aromatic N) is 2. The number of hydrogen-bond donors (Lipinski definition) is 2. The molecule has 7 nitrogen and oxygen atoms in total. The Morgan fingerprint density at radius 3 is 2.80 bits per heavy atom. The summed E-state index contributed by atoms with van der Waals surface area (Å²) in [7, 11) is 1.60. The van der Waals surface area contributed by atoms with Gasteiger partial charge in [0.2, 0.25) is 5.91 Å². The van der Waals surface area contributed by atoms with E-state index < -0.39 is 0 Å². The van der Waals surface area contributed by atoms with Gasteiger partial charge in [0.1, 0.15) is 5.69 Å². The average molecular weight is 348 g/mol. The molecule has 0 spiro atoms. The van der Waals surface area contributed by atoms with Crippen LogP contribution in [0.4, 0.5) is 0 Å². The van der Waals surface area contributed by atoms with E-state index in [1.54, 1.807) is 7.11 Å². The minimum Gasteiger partial charge on any atom is -0.383 e. The molecule has 0 aromatic carbocycles. The van der Waals surface area contributed by atoms with Crippen molar-refractivity contribution in [1.82, 2.24) is 20.4 Å². The predicted molar refractivity (Wildman–Crippen MR) is 93.3 cm³/mol. The molecule has 2 amide bonds. The van der Waals surface area contributed by atoms with Gasteiger partial charge < -0.3 is 15.4 Å². The molecular formula is C18H28N4O3. The summed E-state index contributed by atoms with van der Waals surface area (Å²) in [6.07, 6.45) is 6.18. The largest absolute Gasteiger partial charge is 0.383 e. The number of aromatic nitrogens is 2. The zero-order valence-corrected chi connectivity index (χ0v) is 15.1. The van der Waals surface area contributed by atoms with Crippen LogP contribution in [0, 0.1) is 5.41 Å². The Morgan fingerprint density at radius 2 is 2.12 bits per heavy atom. The molecular weight excluding hydrogens is 320 g/mol. The van der Waals surface area contributed by atoms with Gasteiger partial charge in [-0.15, -0.1) is 0 Å². The van der Waals surface area contributed by atoms with Crippen LogP contribution < -0.4 is 10.6 Å². The summed E-state index contributed by atoms with van der Waals surface area (Å²) in [6, 6.07) is 1.88. The number of fused-ring (bicyclic) bond motifs is 1. The molecule has 1 atom stereocenters. The van der Waals surface area contributed by atoms with Gasteiger partial charge in [-0.2, -0.15) is 5.10 Å². The lowest BCUT2D eigenvalue weighted by Gasteiger charge is -2.33. The molecule has 0 bridgehead atoms. The molecule has 3 rings (SSSR count). The maximum Gasteiger partial charge on any atom is 0.271 e. The first-order valence-electron chi connectivity index (χ1n) is 9.17. The van der Waals surface area contributed by atoms with Crippen LogP contribution in [0.15, 0.2) is 6.07 Å². The first-order valence-corrected chi connectivity index (χ1v) is 9.17. The second kappa shape index (κ2) is 7.56. The van der Waals surface area contributed by atoms with E-state index in [0.717, 1.165) is 37.8 Å². The van der Waals surface area contributed by atoms with Crippen molar-refractivity contribution in [3.05, 3.63) is 17.5 Å². The van der Waals surface area contributed by atoms with Gasteiger partial charge in [0, 0.05) is 31.2 Å². The highest BCUT2D eigenvalue weighted by atomic mass is 16.5. The van der Waals surface area contributed by atoms with Crippen molar-refractivity contribution in [3.8, 4) is 0 Å². The molecule has 25 heavy (non-hydrogen) atoms. The Labute approximate surface area is 148 Å². The Kier molecular flexibility index (Phi) is 5.42. The maximum atomic E-state index is 12.7. The molecule has 1 aliphatic heterocycles. The number of carbonyl (C=O) groups is 2. The summed E-state index contributed by atoms with van der Waals surface area (Å²) < 4.78 is 6.75. The normalized spacial score (nSPS) is 21.6. The predicted octanol–water partition coefficient (Wildman–Crippen LogP) is 1.27. The lowest BCUT2D eigenvalue weighted by molar-refractivity contribution is -0.132. The van der Waals surface area contributed by atoms with Crippen LogP contribution in [0.1, 0.15) is 55.2 Å². The van der Waals surface area contributed by atoms with E-state index in [0.29, 0.717) is 25.4 Å². The highest BCUT2D eigenvalue weighted by Crippen LogP contribution is 2.36. The highest BCUT2D eigenvalue weighted by molar-refractivity contribution is 5.92. The van der Waals surface area contributed by atoms with Crippen molar-refractivity contribution in [3.63, 3.8) is 0 Å². The van der Waals surface area contributed by atoms with Crippen molar-refractivity contribution in [2.45, 2.75) is 58.0 Å². The first-order chi connectivity index (χ1) is 12.0. The Bertz CT molecular complexity index is 611. The van der Waals surface area contributed by atoms with Gasteiger partial charge in [-0.1, -0.05) is 26.2 Å². The van der Waals surface area contributed by atoms with Crippen molar-refractivity contribution in [2.75, 3.05) is 20.3 Å². The number of ether oxygens (including phenoxy) is 1. The second-order valence-corrected chi connectivity index (χ2v) is 7.45. The Hall–Kier alpha value is -1.89. The van der Waals surface area contributed by atoms with E-state index in [4.69, 9.17) is 4.74 Å². The van der Waals surface area contributed by atoms with E-state index in [-0.39, 0.29) is 23.3 Å². The van der Waals surface area contributed by atoms with Crippen molar-refractivity contribution < 1.29 is 14.3 Å². The number of methoxy groups -OCH3 is 1. The third-order valence-electron chi connectivity index (χ3n) is 5.38. The Morgan fingerprint density at radius 1 is 1.36 bits per heavy atom. The van der Waals surface area contributed by atoms with Crippen LogP contribution in [0.2, 0.25) is 0 Å². The van der Waals surface area contributed by atoms with Crippen LogP contribution in [-0.4, -0.2) is 47.9 Å². The van der Waals surface area contributed by atoms with Gasteiger partial charge in [-0.25, -0.2) is 0 Å². The smallest absolute Gasteiger partial charge is 0.271 e. The fourth-order valence-electron chi connectivity index (χ4n) is 3.79. The molecule has 2 N–H and O–H groups in total. The van der Waals surface area contributed by atoms with Gasteiger partial charge in [-0.3, -0.25) is 14.3 Å². The second-order valence-electron chi connectivity index (χ2n) is 7.45. The standard InChI is InChI=1S/C18H28N4O3/c1-18(6-4-3-5-7-18)17(24)20-13-10-14-11-15(21-22(14)12-13)16(23)19-8-9-25-2/h11,13H,3-10,12H2,1-2H3,(H,19,23)(H,20,24)/t13-/m0/s1. The van der Waals surface area contributed by atoms with Crippen molar-refractivity contribution in [1.29, 1.82) is 0 Å². The number of nitrogens with one attached hydrogen (secondary N) is 2. The molecule has 1 fully saturated rings. The lowest BCUT2D eigenvalue weighted by atomic mass is 9.75. The van der Waals surface area contributed by atoms with Crippen LogP contribution in [0.5, 0.6) is 0 Å². The quantitative estimate of drug-likeness (QED) is 0.758. The minimum atomic E-state index is -0.227. The minimum absolute atomic E-state index is 0.0688. The summed E-state index contributed by atoms with van der Waals surface area (Å²) in [6.45, 7) is 3.65. The maximum absolute atomic E-state index is 12.7. The zero-order valence-electron chi connectivity index (χ0n) is 15.1. The van der Waals surface area contributed by atoms with Crippen LogP contribution in [0.25, 0.3) is 0 Å². The van der Waals surface area contributed by atoms with Crippen molar-refractivity contribution >= 4 is 11.8 Å². The molecule has 2 aliphatic rings. The summed E-state index contributed by atoms with van der Waals surface area (Å²) in [5, 5.41) is 10.3. The van der Waals surface area contributed by atoms with E-state index in [1.807, 2.05) is 10.7 Å². The molecule has 138 valence electrons. The van der Waals surface area contributed by atoms with E-state index in [2.05, 4.69) is 22.7 Å². The van der Waals surface area contributed by atoms with Crippen LogP contribution >= 0.6 is 0 Å². The molecule has 1 aliphatic carbocycles. The zero-order chi connectivity index (χ0) is 17.9. The number of rotatable bonds is 6. The summed E-state index contributed by atoms with van der Waals surface area (Å²) >= 11 is 0. The fraction of sp³-hybridized carbons (Fsp3) is 0.722. The number of hydrogen-bond acceptors (Lipinski definition) is 4. The average Bonchev–Trinajstić information content (AvgIpc) is 3.14. The molecule has 1 aromatic rings. The van der Waals surface area contributed by atoms with E-state index in [9.17, 15) is 9.59 Å². The highest BCUT2D eigenvalue weighted by Gasteiger charge is 2.36. The molecule has 0 unspecified atom stereocenters. The number of carbonyl (C=O) groups excluding carboxylic acids is 2. The van der Waals surface area contributed by atoms with Crippen molar-refractivity contribution in [2.24, 2.45) is 5.41 Å². The molecule has 0 saturated heterocycles. The fourth-order valence-corrected chi connectivity index (χ4v) is 3.79. The van der Waals surface area contributed by atoms with Crippen LogP contribution in [-0.2, 0) is 22.5 Å². The Balaban J connectivity index is 1.53. The third kappa shape index (κ3) is 4.03. The molecule has 2 heterocycles. The van der Waals surface area contributed by atoms with E-state index in [1.165, 1.54) is 6.42 Å². The lowest BCUT2D eigenvalue weighted by Crippen LogP contribution is -2.45. The topological polar surface area (TPSA) is 85.2 Å². The monoisotopic (exact) mass is 348 g/mol. The van der Waals surface area contributed by atoms with Gasteiger partial charge in [-0.05, 0) is 18.9 Å². The summed E-state index contributed by atoms with van der Waals surface area (Å²) in [4.78, 5) is 24.7. The first kappa shape index (κ1) is 17.9. The van der Waals surface area contributed by atoms with Gasteiger partial charge in [0.15, 0.2) is 0 Å². The van der Waals surface area contributed by atoms with Gasteiger partial charge >= 0.3 is 0 Å². The van der Waals surface area contributed by atoms with E-state index >= 15 is 0 Å². The molecule has 7 heteroatoms. The van der Waals surface area contributed by atoms with Gasteiger partial charge in [0.25, 0.3) is 5.91 Å². The third-order valence-corrected chi connectivity index (χ3v) is 5.38. The van der Waals surface area contributed by atoms with Crippen LogP contribution in [0.3, 0.4) is 0 Å². The molecule has 0 radical (unpaired) electrons.